The van der Waals surface area contributed by atoms with Crippen LogP contribution in [0.15, 0.2) is 16.5 Å². The lowest BCUT2D eigenvalue weighted by Gasteiger charge is -2.26. The highest BCUT2D eigenvalue weighted by Crippen LogP contribution is 2.35. The summed E-state index contributed by atoms with van der Waals surface area (Å²) in [4.78, 5) is 26.9. The molecule has 0 spiro atoms. The molecule has 1 aromatic rings. The minimum absolute atomic E-state index is 0.157. The fraction of sp³-hybridized carbons (Fsp3) is 0.625. The molecule has 132 valence electrons. The van der Waals surface area contributed by atoms with Crippen molar-refractivity contribution in [2.75, 3.05) is 19.6 Å². The van der Waals surface area contributed by atoms with Crippen LogP contribution in [0.4, 0.5) is 13.2 Å². The van der Waals surface area contributed by atoms with Gasteiger partial charge in [-0.3, -0.25) is 9.59 Å². The second-order valence-corrected chi connectivity index (χ2v) is 6.43. The normalized spacial score (nSPS) is 24.9. The number of nitrogens with zero attached hydrogens (tertiary/aromatic N) is 2. The fourth-order valence-corrected chi connectivity index (χ4v) is 3.50. The van der Waals surface area contributed by atoms with Crippen molar-refractivity contribution >= 4 is 11.8 Å². The Labute approximate surface area is 137 Å². The Hall–Kier alpha value is -1.99. The summed E-state index contributed by atoms with van der Waals surface area (Å²) in [7, 11) is 0. The number of amides is 2. The van der Waals surface area contributed by atoms with Crippen molar-refractivity contribution in [1.82, 2.24) is 9.80 Å². The van der Waals surface area contributed by atoms with Gasteiger partial charge in [0.1, 0.15) is 18.1 Å². The first-order chi connectivity index (χ1) is 11.2. The van der Waals surface area contributed by atoms with Gasteiger partial charge in [0.25, 0.3) is 0 Å². The zero-order chi connectivity index (χ0) is 17.5. The third-order valence-corrected chi connectivity index (χ3v) is 4.56. The average molecular weight is 344 g/mol. The monoisotopic (exact) mass is 344 g/mol. The SMILES string of the molecule is Cc1ccc([C@@H]2CCCN2C(=O)[C@@H]2CC(=O)N(CC(F)(F)F)C2)o1. The summed E-state index contributed by atoms with van der Waals surface area (Å²) in [6.45, 7) is 0.885. The van der Waals surface area contributed by atoms with Gasteiger partial charge in [0.05, 0.1) is 12.0 Å². The number of halogens is 3. The van der Waals surface area contributed by atoms with Crippen molar-refractivity contribution in [3.63, 3.8) is 0 Å². The Morgan fingerprint density at radius 3 is 2.75 bits per heavy atom. The highest BCUT2D eigenvalue weighted by atomic mass is 19.4. The van der Waals surface area contributed by atoms with E-state index in [1.54, 1.807) is 4.90 Å². The number of aryl methyl sites for hydroxylation is 1. The van der Waals surface area contributed by atoms with E-state index in [4.69, 9.17) is 4.42 Å². The number of hydrogen-bond acceptors (Lipinski definition) is 3. The van der Waals surface area contributed by atoms with Gasteiger partial charge in [0.2, 0.25) is 11.8 Å². The van der Waals surface area contributed by atoms with Gasteiger partial charge in [0, 0.05) is 19.5 Å². The Morgan fingerprint density at radius 2 is 2.12 bits per heavy atom. The number of rotatable bonds is 3. The van der Waals surface area contributed by atoms with E-state index in [0.29, 0.717) is 12.3 Å². The topological polar surface area (TPSA) is 53.8 Å². The molecular formula is C16H19F3N2O3. The number of likely N-dealkylation sites (tertiary alicyclic amines) is 2. The van der Waals surface area contributed by atoms with Crippen LogP contribution < -0.4 is 0 Å². The minimum Gasteiger partial charge on any atom is -0.464 e. The van der Waals surface area contributed by atoms with Crippen molar-refractivity contribution in [2.24, 2.45) is 5.92 Å². The summed E-state index contributed by atoms with van der Waals surface area (Å²) < 4.78 is 43.1. The van der Waals surface area contributed by atoms with Crippen molar-refractivity contribution < 1.29 is 27.2 Å². The Balaban J connectivity index is 1.69. The molecule has 2 fully saturated rings. The van der Waals surface area contributed by atoms with E-state index in [9.17, 15) is 22.8 Å². The lowest BCUT2D eigenvalue weighted by molar-refractivity contribution is -0.157. The van der Waals surface area contributed by atoms with E-state index in [1.807, 2.05) is 19.1 Å². The molecule has 0 aliphatic carbocycles. The zero-order valence-electron chi connectivity index (χ0n) is 13.3. The molecule has 3 rings (SSSR count). The number of carbonyl (C=O) groups is 2. The maximum absolute atomic E-state index is 12.7. The van der Waals surface area contributed by atoms with E-state index in [0.717, 1.165) is 23.5 Å². The van der Waals surface area contributed by atoms with Gasteiger partial charge in [-0.15, -0.1) is 0 Å². The Kier molecular flexibility index (Phi) is 4.31. The molecule has 2 aliphatic heterocycles. The number of furan rings is 1. The standard InChI is InChI=1S/C16H19F3N2O3/c1-10-4-5-13(24-10)12-3-2-6-21(12)15(23)11-7-14(22)20(8-11)9-16(17,18)19/h4-5,11-12H,2-3,6-9H2,1H3/t11-,12+/m1/s1. The van der Waals surface area contributed by atoms with Gasteiger partial charge < -0.3 is 14.2 Å². The molecule has 5 nitrogen and oxygen atoms in total. The smallest absolute Gasteiger partial charge is 0.406 e. The predicted octanol–water partition coefficient (Wildman–Crippen LogP) is 2.66. The molecule has 24 heavy (non-hydrogen) atoms. The lowest BCUT2D eigenvalue weighted by atomic mass is 10.1. The first-order valence-electron chi connectivity index (χ1n) is 7.96. The van der Waals surface area contributed by atoms with Crippen LogP contribution in [0.3, 0.4) is 0 Å². The second kappa shape index (κ2) is 6.14. The summed E-state index contributed by atoms with van der Waals surface area (Å²) in [6, 6.07) is 3.44. The van der Waals surface area contributed by atoms with Crippen LogP contribution in [0.25, 0.3) is 0 Å². The molecule has 8 heteroatoms. The molecule has 3 heterocycles. The van der Waals surface area contributed by atoms with E-state index in [2.05, 4.69) is 0 Å². The van der Waals surface area contributed by atoms with Gasteiger partial charge in [-0.1, -0.05) is 0 Å². The van der Waals surface area contributed by atoms with Gasteiger partial charge in [-0.2, -0.15) is 13.2 Å². The first kappa shape index (κ1) is 16.9. The summed E-state index contributed by atoms with van der Waals surface area (Å²) >= 11 is 0. The van der Waals surface area contributed by atoms with Crippen LogP contribution in [0.5, 0.6) is 0 Å². The summed E-state index contributed by atoms with van der Waals surface area (Å²) in [5.74, 6) is -0.150. The largest absolute Gasteiger partial charge is 0.464 e. The van der Waals surface area contributed by atoms with Gasteiger partial charge in [-0.05, 0) is 31.9 Å². The molecule has 1 aromatic heterocycles. The highest BCUT2D eigenvalue weighted by molar-refractivity contribution is 5.89. The van der Waals surface area contributed by atoms with Crippen molar-refractivity contribution in [3.05, 3.63) is 23.7 Å². The minimum atomic E-state index is -4.45. The fourth-order valence-electron chi connectivity index (χ4n) is 3.50. The number of alkyl halides is 3. The Morgan fingerprint density at radius 1 is 1.38 bits per heavy atom. The van der Waals surface area contributed by atoms with Crippen molar-refractivity contribution in [2.45, 2.75) is 38.4 Å². The van der Waals surface area contributed by atoms with Crippen LogP contribution in [-0.2, 0) is 9.59 Å². The summed E-state index contributed by atoms with van der Waals surface area (Å²) in [5, 5.41) is 0. The van der Waals surface area contributed by atoms with Crippen LogP contribution in [0.1, 0.15) is 36.8 Å². The second-order valence-electron chi connectivity index (χ2n) is 6.43. The van der Waals surface area contributed by atoms with Crippen LogP contribution in [-0.4, -0.2) is 47.4 Å². The highest BCUT2D eigenvalue weighted by Gasteiger charge is 2.43. The molecule has 0 N–H and O–H groups in total. The summed E-state index contributed by atoms with van der Waals surface area (Å²) in [5.41, 5.74) is 0. The summed E-state index contributed by atoms with van der Waals surface area (Å²) in [6.07, 6.45) is -3.04. The molecule has 0 bridgehead atoms. The van der Waals surface area contributed by atoms with E-state index < -0.39 is 24.5 Å². The van der Waals surface area contributed by atoms with Crippen molar-refractivity contribution in [1.29, 1.82) is 0 Å². The van der Waals surface area contributed by atoms with Gasteiger partial charge in [0.15, 0.2) is 0 Å². The van der Waals surface area contributed by atoms with Crippen LogP contribution in [0.2, 0.25) is 0 Å². The number of hydrogen-bond donors (Lipinski definition) is 0. The maximum Gasteiger partial charge on any atom is 0.406 e. The third-order valence-electron chi connectivity index (χ3n) is 4.56. The quantitative estimate of drug-likeness (QED) is 0.847. The van der Waals surface area contributed by atoms with E-state index >= 15 is 0 Å². The third kappa shape index (κ3) is 3.42. The predicted molar refractivity (Wildman–Crippen MR) is 77.9 cm³/mol. The first-order valence-corrected chi connectivity index (χ1v) is 7.96. The molecule has 0 aromatic carbocycles. The lowest BCUT2D eigenvalue weighted by Crippen LogP contribution is -2.38. The zero-order valence-corrected chi connectivity index (χ0v) is 13.3. The molecular weight excluding hydrogens is 325 g/mol. The molecule has 2 aliphatic rings. The maximum atomic E-state index is 12.7. The molecule has 2 amide bonds. The average Bonchev–Trinajstić information content (AvgIpc) is 3.17. The molecule has 0 saturated carbocycles. The van der Waals surface area contributed by atoms with Gasteiger partial charge >= 0.3 is 6.18 Å². The molecule has 0 unspecified atom stereocenters. The number of carbonyl (C=O) groups excluding carboxylic acids is 2. The molecule has 2 saturated heterocycles. The Bertz CT molecular complexity index is 641. The van der Waals surface area contributed by atoms with Crippen LogP contribution >= 0.6 is 0 Å². The van der Waals surface area contributed by atoms with Crippen LogP contribution in [0, 0.1) is 12.8 Å². The molecule has 0 radical (unpaired) electrons. The molecule has 2 atom stereocenters. The van der Waals surface area contributed by atoms with Crippen molar-refractivity contribution in [3.8, 4) is 0 Å². The van der Waals surface area contributed by atoms with E-state index in [1.165, 1.54) is 0 Å². The van der Waals surface area contributed by atoms with E-state index in [-0.39, 0.29) is 24.9 Å². The van der Waals surface area contributed by atoms with Gasteiger partial charge in [-0.25, -0.2) is 0 Å².